The van der Waals surface area contributed by atoms with Gasteiger partial charge in [-0.1, -0.05) is 60.7 Å². The molecule has 144 valence electrons. The van der Waals surface area contributed by atoms with Crippen molar-refractivity contribution in [3.8, 4) is 0 Å². The van der Waals surface area contributed by atoms with Crippen LogP contribution in [0.5, 0.6) is 0 Å². The Kier molecular flexibility index (Phi) is 6.17. The van der Waals surface area contributed by atoms with Crippen molar-refractivity contribution in [1.82, 2.24) is 9.80 Å². The Morgan fingerprint density at radius 1 is 0.963 bits per heavy atom. The van der Waals surface area contributed by atoms with Gasteiger partial charge < -0.3 is 9.64 Å². The van der Waals surface area contributed by atoms with Crippen LogP contribution in [0.1, 0.15) is 31.9 Å². The number of hydrogen-bond acceptors (Lipinski definition) is 3. The number of carbonyl (C=O) groups excluding carboxylic acids is 1. The van der Waals surface area contributed by atoms with Crippen molar-refractivity contribution in [1.29, 1.82) is 0 Å². The first-order valence-corrected chi connectivity index (χ1v) is 9.70. The highest BCUT2D eigenvalue weighted by molar-refractivity contribution is 5.68. The van der Waals surface area contributed by atoms with Crippen molar-refractivity contribution in [2.24, 2.45) is 0 Å². The van der Waals surface area contributed by atoms with Crippen molar-refractivity contribution in [2.75, 3.05) is 19.6 Å². The highest BCUT2D eigenvalue weighted by Crippen LogP contribution is 2.20. The molecular weight excluding hydrogens is 336 g/mol. The molecule has 0 aliphatic carbocycles. The summed E-state index contributed by atoms with van der Waals surface area (Å²) in [5, 5.41) is 0. The minimum Gasteiger partial charge on any atom is -0.444 e. The van der Waals surface area contributed by atoms with Gasteiger partial charge in [-0.2, -0.15) is 0 Å². The van der Waals surface area contributed by atoms with Crippen LogP contribution in [-0.4, -0.2) is 47.2 Å². The molecule has 27 heavy (non-hydrogen) atoms. The fraction of sp³-hybridized carbons (Fsp3) is 0.435. The Bertz CT molecular complexity index is 725. The van der Waals surface area contributed by atoms with Gasteiger partial charge in [-0.25, -0.2) is 4.79 Å². The maximum absolute atomic E-state index is 12.8. The van der Waals surface area contributed by atoms with Gasteiger partial charge in [-0.05, 0) is 38.3 Å². The lowest BCUT2D eigenvalue weighted by Crippen LogP contribution is -2.56. The number of ether oxygens (including phenoxy) is 1. The van der Waals surface area contributed by atoms with E-state index in [-0.39, 0.29) is 12.1 Å². The van der Waals surface area contributed by atoms with E-state index in [2.05, 4.69) is 53.4 Å². The summed E-state index contributed by atoms with van der Waals surface area (Å²) in [5.74, 6) is 0. The fourth-order valence-electron chi connectivity index (χ4n) is 3.53. The minimum atomic E-state index is -0.477. The normalized spacial score (nSPS) is 18.3. The summed E-state index contributed by atoms with van der Waals surface area (Å²) in [6.45, 7) is 9.07. The molecule has 3 rings (SSSR count). The van der Waals surface area contributed by atoms with Crippen LogP contribution in [0, 0.1) is 0 Å². The minimum absolute atomic E-state index is 0.111. The lowest BCUT2D eigenvalue weighted by Gasteiger charge is -2.42. The van der Waals surface area contributed by atoms with Gasteiger partial charge in [0.1, 0.15) is 5.60 Å². The summed E-state index contributed by atoms with van der Waals surface area (Å²) in [4.78, 5) is 17.1. The number of rotatable bonds is 4. The lowest BCUT2D eigenvalue weighted by molar-refractivity contribution is -0.00232. The maximum atomic E-state index is 12.8. The van der Waals surface area contributed by atoms with Crippen molar-refractivity contribution in [3.05, 3.63) is 71.8 Å². The number of carbonyl (C=O) groups is 1. The van der Waals surface area contributed by atoms with E-state index in [1.807, 2.05) is 37.8 Å². The maximum Gasteiger partial charge on any atom is 0.410 e. The molecule has 1 aliphatic heterocycles. The van der Waals surface area contributed by atoms with Crippen molar-refractivity contribution >= 4 is 6.09 Å². The van der Waals surface area contributed by atoms with Gasteiger partial charge in [0, 0.05) is 26.2 Å². The van der Waals surface area contributed by atoms with E-state index in [9.17, 15) is 4.79 Å². The summed E-state index contributed by atoms with van der Waals surface area (Å²) in [6, 6.07) is 21.0. The zero-order valence-electron chi connectivity index (χ0n) is 16.6. The summed E-state index contributed by atoms with van der Waals surface area (Å²) in [7, 11) is 0. The van der Waals surface area contributed by atoms with Gasteiger partial charge in [0.15, 0.2) is 0 Å². The molecule has 0 spiro atoms. The average Bonchev–Trinajstić information content (AvgIpc) is 2.62. The first-order valence-electron chi connectivity index (χ1n) is 9.70. The van der Waals surface area contributed by atoms with E-state index in [0.717, 1.165) is 26.1 Å². The van der Waals surface area contributed by atoms with E-state index in [1.165, 1.54) is 11.1 Å². The number of hydrogen-bond donors (Lipinski definition) is 0. The van der Waals surface area contributed by atoms with Crippen LogP contribution in [0.25, 0.3) is 0 Å². The fourth-order valence-corrected chi connectivity index (χ4v) is 3.53. The molecule has 1 saturated heterocycles. The summed E-state index contributed by atoms with van der Waals surface area (Å²) in [5.41, 5.74) is 2.08. The van der Waals surface area contributed by atoms with E-state index in [1.54, 1.807) is 0 Å². The largest absolute Gasteiger partial charge is 0.444 e. The first-order chi connectivity index (χ1) is 12.9. The predicted molar refractivity (Wildman–Crippen MR) is 109 cm³/mol. The van der Waals surface area contributed by atoms with Crippen molar-refractivity contribution in [3.63, 3.8) is 0 Å². The van der Waals surface area contributed by atoms with Crippen LogP contribution in [0.3, 0.4) is 0 Å². The molecule has 1 fully saturated rings. The quantitative estimate of drug-likeness (QED) is 0.806. The van der Waals surface area contributed by atoms with Gasteiger partial charge >= 0.3 is 6.09 Å². The first kappa shape index (κ1) is 19.4. The highest BCUT2D eigenvalue weighted by Gasteiger charge is 2.33. The van der Waals surface area contributed by atoms with Crippen molar-refractivity contribution in [2.45, 2.75) is 45.4 Å². The second-order valence-electron chi connectivity index (χ2n) is 8.24. The molecule has 0 saturated carbocycles. The molecule has 1 atom stereocenters. The van der Waals surface area contributed by atoms with Gasteiger partial charge in [-0.3, -0.25) is 4.90 Å². The zero-order chi connectivity index (χ0) is 19.3. The van der Waals surface area contributed by atoms with Crippen LogP contribution < -0.4 is 0 Å². The van der Waals surface area contributed by atoms with Crippen LogP contribution in [0.15, 0.2) is 60.7 Å². The van der Waals surface area contributed by atoms with Gasteiger partial charge in [-0.15, -0.1) is 0 Å². The summed E-state index contributed by atoms with van der Waals surface area (Å²) >= 11 is 0. The molecule has 0 bridgehead atoms. The average molecular weight is 367 g/mol. The Hall–Kier alpha value is -2.33. The summed E-state index contributed by atoms with van der Waals surface area (Å²) < 4.78 is 5.67. The second-order valence-corrected chi connectivity index (χ2v) is 8.24. The third-order valence-electron chi connectivity index (χ3n) is 4.76. The molecular formula is C23H30N2O2. The molecule has 2 aromatic carbocycles. The van der Waals surface area contributed by atoms with Gasteiger partial charge in [0.2, 0.25) is 0 Å². The molecule has 0 N–H and O–H groups in total. The van der Waals surface area contributed by atoms with E-state index in [4.69, 9.17) is 4.74 Å². The zero-order valence-corrected chi connectivity index (χ0v) is 16.6. The van der Waals surface area contributed by atoms with Crippen LogP contribution >= 0.6 is 0 Å². The number of amides is 1. The highest BCUT2D eigenvalue weighted by atomic mass is 16.6. The Balaban J connectivity index is 1.72. The van der Waals surface area contributed by atoms with Crippen LogP contribution in [0.2, 0.25) is 0 Å². The molecule has 1 aliphatic rings. The lowest BCUT2D eigenvalue weighted by atomic mass is 10.0. The smallest absolute Gasteiger partial charge is 0.410 e. The van der Waals surface area contributed by atoms with Crippen LogP contribution in [-0.2, 0) is 17.7 Å². The Morgan fingerprint density at radius 3 is 2.15 bits per heavy atom. The Morgan fingerprint density at radius 2 is 1.56 bits per heavy atom. The molecule has 0 radical (unpaired) electrons. The molecule has 2 aromatic rings. The Labute approximate surface area is 162 Å². The molecule has 4 heteroatoms. The van der Waals surface area contributed by atoms with E-state index >= 15 is 0 Å². The predicted octanol–water partition coefficient (Wildman–Crippen LogP) is 4.35. The standard InChI is InChI=1S/C23H30N2O2/c1-23(2,3)27-22(26)25-15-14-24(17-20-12-8-5-9-13-20)18-21(25)16-19-10-6-4-7-11-19/h4-13,21H,14-18H2,1-3H3/t21-/m0/s1. The molecule has 1 amide bonds. The number of benzene rings is 2. The molecule has 4 nitrogen and oxygen atoms in total. The van der Waals surface area contributed by atoms with E-state index < -0.39 is 5.60 Å². The SMILES string of the molecule is CC(C)(C)OC(=O)N1CCN(Cc2ccccc2)C[C@@H]1Cc1ccccc1. The van der Waals surface area contributed by atoms with Crippen molar-refractivity contribution < 1.29 is 9.53 Å². The van der Waals surface area contributed by atoms with E-state index in [0.29, 0.717) is 6.54 Å². The molecule has 1 heterocycles. The third-order valence-corrected chi connectivity index (χ3v) is 4.76. The monoisotopic (exact) mass is 366 g/mol. The second kappa shape index (κ2) is 8.57. The summed E-state index contributed by atoms with van der Waals surface area (Å²) in [6.07, 6.45) is 0.633. The molecule has 0 aromatic heterocycles. The topological polar surface area (TPSA) is 32.8 Å². The van der Waals surface area contributed by atoms with Gasteiger partial charge in [0.25, 0.3) is 0 Å². The molecule has 0 unspecified atom stereocenters. The van der Waals surface area contributed by atoms with Gasteiger partial charge in [0.05, 0.1) is 6.04 Å². The number of piperazine rings is 1. The number of nitrogens with zero attached hydrogens (tertiary/aromatic N) is 2. The third kappa shape index (κ3) is 5.83. The van der Waals surface area contributed by atoms with Crippen LogP contribution in [0.4, 0.5) is 4.79 Å².